The van der Waals surface area contributed by atoms with Crippen molar-refractivity contribution in [1.82, 2.24) is 5.32 Å². The first-order chi connectivity index (χ1) is 9.19. The van der Waals surface area contributed by atoms with Gasteiger partial charge in [-0.25, -0.2) is 4.39 Å². The van der Waals surface area contributed by atoms with E-state index in [1.165, 1.54) is 6.07 Å². The van der Waals surface area contributed by atoms with Crippen LogP contribution in [0.3, 0.4) is 0 Å². The molecule has 1 N–H and O–H groups in total. The normalized spacial score (nSPS) is 12.4. The van der Waals surface area contributed by atoms with Crippen LogP contribution in [0.2, 0.25) is 0 Å². The number of halogens is 1. The van der Waals surface area contributed by atoms with E-state index in [9.17, 15) is 4.39 Å². The maximum Gasteiger partial charge on any atom is 0.131 e. The standard InChI is InChI=1S/C15H24FNOS/c1-4-8-17-12(2)14-7-6-13(11-15(14)16)18-9-5-10-19-3/h6-7,11-12,17H,4-5,8-10H2,1-3H3. The van der Waals surface area contributed by atoms with Gasteiger partial charge in [-0.3, -0.25) is 0 Å². The summed E-state index contributed by atoms with van der Waals surface area (Å²) in [6.45, 7) is 5.62. The van der Waals surface area contributed by atoms with E-state index >= 15 is 0 Å². The van der Waals surface area contributed by atoms with Crippen molar-refractivity contribution < 1.29 is 9.13 Å². The number of nitrogens with one attached hydrogen (secondary N) is 1. The number of hydrogen-bond acceptors (Lipinski definition) is 3. The Bertz CT molecular complexity index is 373. The fourth-order valence-electron chi connectivity index (χ4n) is 1.81. The summed E-state index contributed by atoms with van der Waals surface area (Å²) in [5.74, 6) is 1.49. The van der Waals surface area contributed by atoms with Gasteiger partial charge in [0.2, 0.25) is 0 Å². The van der Waals surface area contributed by atoms with E-state index in [1.807, 2.05) is 19.1 Å². The molecule has 108 valence electrons. The van der Waals surface area contributed by atoms with Gasteiger partial charge in [0.05, 0.1) is 6.61 Å². The molecule has 1 rings (SSSR count). The van der Waals surface area contributed by atoms with Crippen LogP contribution >= 0.6 is 11.8 Å². The zero-order chi connectivity index (χ0) is 14.1. The van der Waals surface area contributed by atoms with E-state index in [0.29, 0.717) is 17.9 Å². The Balaban J connectivity index is 2.53. The van der Waals surface area contributed by atoms with Crippen LogP contribution in [0.25, 0.3) is 0 Å². The van der Waals surface area contributed by atoms with E-state index in [-0.39, 0.29) is 11.9 Å². The van der Waals surface area contributed by atoms with Crippen molar-refractivity contribution in [2.75, 3.05) is 25.2 Å². The Kier molecular flexibility index (Phi) is 7.91. The Hall–Kier alpha value is -0.740. The average Bonchev–Trinajstić information content (AvgIpc) is 2.41. The average molecular weight is 285 g/mol. The molecule has 0 aromatic heterocycles. The zero-order valence-corrected chi connectivity index (χ0v) is 12.9. The second-order valence-electron chi connectivity index (χ2n) is 4.55. The molecule has 1 aromatic rings. The van der Waals surface area contributed by atoms with Gasteiger partial charge in [0.25, 0.3) is 0 Å². The van der Waals surface area contributed by atoms with Gasteiger partial charge in [0, 0.05) is 17.7 Å². The summed E-state index contributed by atoms with van der Waals surface area (Å²) in [6, 6.07) is 5.18. The van der Waals surface area contributed by atoms with E-state index in [1.54, 1.807) is 11.8 Å². The lowest BCUT2D eigenvalue weighted by atomic mass is 10.1. The van der Waals surface area contributed by atoms with Crippen LogP contribution in [0.15, 0.2) is 18.2 Å². The van der Waals surface area contributed by atoms with Crippen molar-refractivity contribution in [3.05, 3.63) is 29.6 Å². The third-order valence-corrected chi connectivity index (χ3v) is 3.60. The summed E-state index contributed by atoms with van der Waals surface area (Å²) < 4.78 is 19.5. The molecule has 0 spiro atoms. The van der Waals surface area contributed by atoms with Crippen LogP contribution in [0.4, 0.5) is 4.39 Å². The minimum atomic E-state index is -0.196. The van der Waals surface area contributed by atoms with Gasteiger partial charge in [-0.2, -0.15) is 11.8 Å². The lowest BCUT2D eigenvalue weighted by Gasteiger charge is -2.15. The monoisotopic (exact) mass is 285 g/mol. The molecule has 0 aliphatic carbocycles. The van der Waals surface area contributed by atoms with E-state index in [0.717, 1.165) is 25.1 Å². The molecule has 0 aliphatic rings. The molecular formula is C15H24FNOS. The van der Waals surface area contributed by atoms with Gasteiger partial charge in [-0.05, 0) is 44.4 Å². The Morgan fingerprint density at radius 1 is 1.42 bits per heavy atom. The van der Waals surface area contributed by atoms with Crippen LogP contribution in [-0.2, 0) is 0 Å². The number of rotatable bonds is 9. The minimum absolute atomic E-state index is 0.0329. The molecule has 0 bridgehead atoms. The molecule has 0 radical (unpaired) electrons. The molecule has 1 atom stereocenters. The van der Waals surface area contributed by atoms with Crippen LogP contribution in [0, 0.1) is 5.82 Å². The SMILES string of the molecule is CCCNC(C)c1ccc(OCCCSC)cc1F. The molecule has 0 saturated heterocycles. The summed E-state index contributed by atoms with van der Waals surface area (Å²) in [5.41, 5.74) is 0.699. The maximum atomic E-state index is 14.0. The van der Waals surface area contributed by atoms with Gasteiger partial charge in [-0.15, -0.1) is 0 Å². The summed E-state index contributed by atoms with van der Waals surface area (Å²) >= 11 is 1.79. The third kappa shape index (κ3) is 5.83. The second kappa shape index (κ2) is 9.21. The van der Waals surface area contributed by atoms with Crippen LogP contribution in [0.1, 0.15) is 38.3 Å². The molecule has 0 amide bonds. The smallest absolute Gasteiger partial charge is 0.131 e. The van der Waals surface area contributed by atoms with Crippen molar-refractivity contribution in [2.24, 2.45) is 0 Å². The molecule has 0 heterocycles. The molecule has 0 saturated carbocycles. The van der Waals surface area contributed by atoms with E-state index in [4.69, 9.17) is 4.74 Å². The number of benzene rings is 1. The van der Waals surface area contributed by atoms with Gasteiger partial charge in [0.15, 0.2) is 0 Å². The third-order valence-electron chi connectivity index (χ3n) is 2.90. The lowest BCUT2D eigenvalue weighted by molar-refractivity contribution is 0.316. The first-order valence-electron chi connectivity index (χ1n) is 6.83. The van der Waals surface area contributed by atoms with Crippen molar-refractivity contribution in [2.45, 2.75) is 32.7 Å². The number of thioether (sulfide) groups is 1. The van der Waals surface area contributed by atoms with Gasteiger partial charge < -0.3 is 10.1 Å². The fourth-order valence-corrected chi connectivity index (χ4v) is 2.22. The minimum Gasteiger partial charge on any atom is -0.493 e. The molecule has 4 heteroatoms. The summed E-state index contributed by atoms with van der Waals surface area (Å²) in [4.78, 5) is 0. The van der Waals surface area contributed by atoms with Crippen molar-refractivity contribution >= 4 is 11.8 Å². The summed E-state index contributed by atoms with van der Waals surface area (Å²) in [6.07, 6.45) is 4.10. The Morgan fingerprint density at radius 3 is 2.84 bits per heavy atom. The second-order valence-corrected chi connectivity index (χ2v) is 5.54. The lowest BCUT2D eigenvalue weighted by Crippen LogP contribution is -2.20. The van der Waals surface area contributed by atoms with Crippen LogP contribution in [-0.4, -0.2) is 25.2 Å². The number of hydrogen-bond donors (Lipinski definition) is 1. The first-order valence-corrected chi connectivity index (χ1v) is 8.23. The van der Waals surface area contributed by atoms with Crippen LogP contribution < -0.4 is 10.1 Å². The molecule has 19 heavy (non-hydrogen) atoms. The molecule has 0 fully saturated rings. The highest BCUT2D eigenvalue weighted by Crippen LogP contribution is 2.22. The Morgan fingerprint density at radius 2 is 2.21 bits per heavy atom. The van der Waals surface area contributed by atoms with E-state index in [2.05, 4.69) is 18.5 Å². The molecular weight excluding hydrogens is 261 g/mol. The quantitative estimate of drug-likeness (QED) is 0.692. The molecule has 1 unspecified atom stereocenters. The largest absolute Gasteiger partial charge is 0.493 e. The topological polar surface area (TPSA) is 21.3 Å². The van der Waals surface area contributed by atoms with Gasteiger partial charge >= 0.3 is 0 Å². The van der Waals surface area contributed by atoms with Gasteiger partial charge in [-0.1, -0.05) is 13.0 Å². The number of ether oxygens (including phenoxy) is 1. The predicted molar refractivity (Wildman–Crippen MR) is 81.6 cm³/mol. The van der Waals surface area contributed by atoms with Gasteiger partial charge in [0.1, 0.15) is 11.6 Å². The fraction of sp³-hybridized carbons (Fsp3) is 0.600. The molecule has 0 aliphatic heterocycles. The molecule has 2 nitrogen and oxygen atoms in total. The summed E-state index contributed by atoms with van der Waals surface area (Å²) in [7, 11) is 0. The van der Waals surface area contributed by atoms with Crippen LogP contribution in [0.5, 0.6) is 5.75 Å². The van der Waals surface area contributed by atoms with Crippen molar-refractivity contribution in [3.63, 3.8) is 0 Å². The highest BCUT2D eigenvalue weighted by molar-refractivity contribution is 7.98. The molecule has 1 aromatic carbocycles. The predicted octanol–water partition coefficient (Wildman–Crippen LogP) is 4.02. The Labute approximate surface area is 120 Å². The van der Waals surface area contributed by atoms with Crippen molar-refractivity contribution in [1.29, 1.82) is 0 Å². The maximum absolute atomic E-state index is 14.0. The highest BCUT2D eigenvalue weighted by atomic mass is 32.2. The highest BCUT2D eigenvalue weighted by Gasteiger charge is 2.10. The van der Waals surface area contributed by atoms with Crippen molar-refractivity contribution in [3.8, 4) is 5.75 Å². The zero-order valence-electron chi connectivity index (χ0n) is 12.0. The van der Waals surface area contributed by atoms with E-state index < -0.39 is 0 Å². The first kappa shape index (κ1) is 16.3. The summed E-state index contributed by atoms with van der Waals surface area (Å²) in [5, 5.41) is 3.29.